The number of nitrogens with zero attached hydrogens (tertiary/aromatic N) is 1. The number of carbonyl (C=O) groups excluding carboxylic acids is 1. The van der Waals surface area contributed by atoms with Crippen molar-refractivity contribution in [1.29, 1.82) is 0 Å². The van der Waals surface area contributed by atoms with Gasteiger partial charge in [0.2, 0.25) is 5.91 Å². The number of rotatable bonds is 3. The summed E-state index contributed by atoms with van der Waals surface area (Å²) in [6.07, 6.45) is 1.38. The Morgan fingerprint density at radius 3 is 2.93 bits per heavy atom. The maximum absolute atomic E-state index is 11.8. The summed E-state index contributed by atoms with van der Waals surface area (Å²) >= 11 is 0. The summed E-state index contributed by atoms with van der Waals surface area (Å²) in [5.41, 5.74) is 7.71. The van der Waals surface area contributed by atoms with E-state index in [-0.39, 0.29) is 11.9 Å². The van der Waals surface area contributed by atoms with E-state index < -0.39 is 0 Å². The second-order valence-electron chi connectivity index (χ2n) is 4.00. The highest BCUT2D eigenvalue weighted by molar-refractivity contribution is 6.01. The van der Waals surface area contributed by atoms with Gasteiger partial charge >= 0.3 is 0 Å². The van der Waals surface area contributed by atoms with Gasteiger partial charge in [0.1, 0.15) is 0 Å². The van der Waals surface area contributed by atoms with Crippen LogP contribution in [-0.4, -0.2) is 18.5 Å². The van der Waals surface area contributed by atoms with Gasteiger partial charge in [-0.25, -0.2) is 0 Å². The third-order valence-electron chi connectivity index (χ3n) is 2.89. The normalized spacial score (nSPS) is 16.7. The van der Waals surface area contributed by atoms with Crippen molar-refractivity contribution in [2.45, 2.75) is 25.8 Å². The molecule has 1 unspecified atom stereocenters. The standard InChI is InChI=1S/C12H16N2O/c1-9(6-7-13)14-11-5-3-2-4-10(11)8-12(14)15/h2-5,9H,6-8,13H2,1H3. The molecule has 1 aromatic carbocycles. The van der Waals surface area contributed by atoms with E-state index in [1.54, 1.807) is 0 Å². The fourth-order valence-corrected chi connectivity index (χ4v) is 2.13. The Labute approximate surface area is 89.9 Å². The zero-order valence-electron chi connectivity index (χ0n) is 8.94. The number of amides is 1. The van der Waals surface area contributed by atoms with Crippen LogP contribution in [0.3, 0.4) is 0 Å². The molecule has 0 bridgehead atoms. The zero-order chi connectivity index (χ0) is 10.8. The number of fused-ring (bicyclic) bond motifs is 1. The molecule has 0 saturated heterocycles. The van der Waals surface area contributed by atoms with E-state index in [1.807, 2.05) is 36.1 Å². The molecule has 15 heavy (non-hydrogen) atoms. The molecule has 1 heterocycles. The Kier molecular flexibility index (Phi) is 2.73. The maximum Gasteiger partial charge on any atom is 0.231 e. The van der Waals surface area contributed by atoms with Gasteiger partial charge in [-0.2, -0.15) is 0 Å². The highest BCUT2D eigenvalue weighted by Gasteiger charge is 2.29. The van der Waals surface area contributed by atoms with Gasteiger partial charge in [0, 0.05) is 11.7 Å². The molecule has 0 saturated carbocycles. The molecule has 1 aromatic rings. The molecule has 3 nitrogen and oxygen atoms in total. The first-order valence-electron chi connectivity index (χ1n) is 5.34. The second kappa shape index (κ2) is 4.03. The molecule has 1 aliphatic rings. The lowest BCUT2D eigenvalue weighted by Crippen LogP contribution is -2.37. The molecule has 1 aliphatic heterocycles. The zero-order valence-corrected chi connectivity index (χ0v) is 8.94. The van der Waals surface area contributed by atoms with Crippen molar-refractivity contribution in [3.63, 3.8) is 0 Å². The fraction of sp³-hybridized carbons (Fsp3) is 0.417. The van der Waals surface area contributed by atoms with Gasteiger partial charge in [-0.3, -0.25) is 4.79 Å². The van der Waals surface area contributed by atoms with Crippen LogP contribution in [0.1, 0.15) is 18.9 Å². The van der Waals surface area contributed by atoms with Crippen molar-refractivity contribution >= 4 is 11.6 Å². The van der Waals surface area contributed by atoms with Crippen LogP contribution < -0.4 is 10.6 Å². The van der Waals surface area contributed by atoms with E-state index in [1.165, 1.54) is 0 Å². The van der Waals surface area contributed by atoms with Crippen molar-refractivity contribution in [3.05, 3.63) is 29.8 Å². The molecule has 3 heteroatoms. The highest BCUT2D eigenvalue weighted by Crippen LogP contribution is 2.30. The van der Waals surface area contributed by atoms with Crippen LogP contribution in [0.25, 0.3) is 0 Å². The lowest BCUT2D eigenvalue weighted by atomic mass is 10.1. The predicted molar refractivity (Wildman–Crippen MR) is 60.8 cm³/mol. The summed E-state index contributed by atoms with van der Waals surface area (Å²) in [5.74, 6) is 0.192. The Hall–Kier alpha value is -1.35. The molecular weight excluding hydrogens is 188 g/mol. The Morgan fingerprint density at radius 2 is 2.20 bits per heavy atom. The maximum atomic E-state index is 11.8. The monoisotopic (exact) mass is 204 g/mol. The topological polar surface area (TPSA) is 46.3 Å². The molecule has 2 rings (SSSR count). The first-order chi connectivity index (χ1) is 7.24. The quantitative estimate of drug-likeness (QED) is 0.807. The third-order valence-corrected chi connectivity index (χ3v) is 2.89. The number of hydrogen-bond acceptors (Lipinski definition) is 2. The summed E-state index contributed by atoms with van der Waals surface area (Å²) in [5, 5.41) is 0. The van der Waals surface area contributed by atoms with Gasteiger partial charge in [-0.05, 0) is 31.5 Å². The van der Waals surface area contributed by atoms with Crippen LogP contribution in [0, 0.1) is 0 Å². The van der Waals surface area contributed by atoms with Crippen LogP contribution in [0.4, 0.5) is 5.69 Å². The van der Waals surface area contributed by atoms with Crippen molar-refractivity contribution in [3.8, 4) is 0 Å². The first kappa shape index (κ1) is 10.2. The van der Waals surface area contributed by atoms with Crippen molar-refractivity contribution in [1.82, 2.24) is 0 Å². The summed E-state index contributed by atoms with van der Waals surface area (Å²) < 4.78 is 0. The Balaban J connectivity index is 2.29. The van der Waals surface area contributed by atoms with E-state index in [0.29, 0.717) is 13.0 Å². The molecule has 0 fully saturated rings. The van der Waals surface area contributed by atoms with Crippen LogP contribution in [0.5, 0.6) is 0 Å². The van der Waals surface area contributed by atoms with Crippen LogP contribution in [0.15, 0.2) is 24.3 Å². The summed E-state index contributed by atoms with van der Waals surface area (Å²) in [6, 6.07) is 8.17. The average Bonchev–Trinajstić information content (AvgIpc) is 2.54. The van der Waals surface area contributed by atoms with Gasteiger partial charge in [0.05, 0.1) is 6.42 Å². The summed E-state index contributed by atoms with van der Waals surface area (Å²) in [6.45, 7) is 2.67. The molecule has 0 spiro atoms. The van der Waals surface area contributed by atoms with Crippen molar-refractivity contribution in [2.75, 3.05) is 11.4 Å². The van der Waals surface area contributed by atoms with E-state index >= 15 is 0 Å². The predicted octanol–water partition coefficient (Wildman–Crippen LogP) is 1.31. The number of carbonyl (C=O) groups is 1. The van der Waals surface area contributed by atoms with E-state index in [0.717, 1.165) is 17.7 Å². The number of para-hydroxylation sites is 1. The smallest absolute Gasteiger partial charge is 0.231 e. The van der Waals surface area contributed by atoms with Crippen molar-refractivity contribution in [2.24, 2.45) is 5.73 Å². The van der Waals surface area contributed by atoms with E-state index in [2.05, 4.69) is 0 Å². The number of anilines is 1. The molecule has 0 aliphatic carbocycles. The molecule has 1 atom stereocenters. The van der Waals surface area contributed by atoms with Gasteiger partial charge in [0.15, 0.2) is 0 Å². The van der Waals surface area contributed by atoms with E-state index in [9.17, 15) is 4.79 Å². The van der Waals surface area contributed by atoms with E-state index in [4.69, 9.17) is 5.73 Å². The Morgan fingerprint density at radius 1 is 1.47 bits per heavy atom. The summed E-state index contributed by atoms with van der Waals surface area (Å²) in [7, 11) is 0. The van der Waals surface area contributed by atoms with Crippen LogP contribution in [-0.2, 0) is 11.2 Å². The highest BCUT2D eigenvalue weighted by atomic mass is 16.2. The minimum absolute atomic E-state index is 0.192. The van der Waals surface area contributed by atoms with Gasteiger partial charge in [-0.15, -0.1) is 0 Å². The lowest BCUT2D eigenvalue weighted by molar-refractivity contribution is -0.117. The second-order valence-corrected chi connectivity index (χ2v) is 4.00. The number of nitrogens with two attached hydrogens (primary N) is 1. The minimum Gasteiger partial charge on any atom is -0.330 e. The fourth-order valence-electron chi connectivity index (χ4n) is 2.13. The third kappa shape index (κ3) is 1.75. The molecule has 1 amide bonds. The van der Waals surface area contributed by atoms with Gasteiger partial charge in [-0.1, -0.05) is 18.2 Å². The number of hydrogen-bond donors (Lipinski definition) is 1. The first-order valence-corrected chi connectivity index (χ1v) is 5.34. The SMILES string of the molecule is CC(CCN)N1C(=O)Cc2ccccc21. The molecule has 80 valence electrons. The van der Waals surface area contributed by atoms with Crippen molar-refractivity contribution < 1.29 is 4.79 Å². The molecule has 0 aromatic heterocycles. The molecular formula is C12H16N2O. The lowest BCUT2D eigenvalue weighted by Gasteiger charge is -2.24. The van der Waals surface area contributed by atoms with Gasteiger partial charge in [0.25, 0.3) is 0 Å². The molecule has 0 radical (unpaired) electrons. The molecule has 2 N–H and O–H groups in total. The Bertz CT molecular complexity index is 376. The van der Waals surface area contributed by atoms with Crippen LogP contribution in [0.2, 0.25) is 0 Å². The van der Waals surface area contributed by atoms with Gasteiger partial charge < -0.3 is 10.6 Å². The number of benzene rings is 1. The van der Waals surface area contributed by atoms with Crippen LogP contribution >= 0.6 is 0 Å². The largest absolute Gasteiger partial charge is 0.330 e. The summed E-state index contributed by atoms with van der Waals surface area (Å²) in [4.78, 5) is 13.7. The average molecular weight is 204 g/mol. The minimum atomic E-state index is 0.192.